The molecular formula is C28H40O2Si. The minimum atomic E-state index is -2.95. The second-order valence-corrected chi connectivity index (χ2v) is 14.8. The quantitative estimate of drug-likeness (QED) is 0.436. The molecule has 2 nitrogen and oxygen atoms in total. The van der Waals surface area contributed by atoms with Gasteiger partial charge in [-0.25, -0.2) is 0 Å². The summed E-state index contributed by atoms with van der Waals surface area (Å²) >= 11 is 0. The number of rotatable bonds is 8. The van der Waals surface area contributed by atoms with Crippen molar-refractivity contribution < 1.29 is 9.90 Å². The van der Waals surface area contributed by atoms with E-state index in [1.165, 1.54) is 6.42 Å². The van der Waals surface area contributed by atoms with E-state index in [4.69, 9.17) is 0 Å². The Morgan fingerprint density at radius 1 is 0.968 bits per heavy atom. The average molecular weight is 437 g/mol. The molecular weight excluding hydrogens is 396 g/mol. The Bertz CT molecular complexity index is 833. The first-order valence-electron chi connectivity index (χ1n) is 11.7. The molecule has 2 aromatic carbocycles. The zero-order valence-electron chi connectivity index (χ0n) is 19.9. The molecule has 2 atom stereocenters. The van der Waals surface area contributed by atoms with E-state index in [1.807, 2.05) is 42.5 Å². The van der Waals surface area contributed by atoms with Crippen LogP contribution >= 0.6 is 0 Å². The van der Waals surface area contributed by atoms with E-state index >= 15 is 0 Å². The van der Waals surface area contributed by atoms with Crippen molar-refractivity contribution >= 4 is 18.7 Å². The topological polar surface area (TPSA) is 40.5 Å². The lowest BCUT2D eigenvalue weighted by atomic mass is 9.64. The SMILES string of the molecule is CC1(C)C(CCC(C)(C)[Si](O)(c2ccccc2)c2ccccc2)CC[C@]1(C)/C=C/CO. The lowest BCUT2D eigenvalue weighted by Gasteiger charge is -2.44. The van der Waals surface area contributed by atoms with Crippen LogP contribution in [0.15, 0.2) is 72.8 Å². The van der Waals surface area contributed by atoms with Crippen LogP contribution in [0, 0.1) is 16.7 Å². The molecule has 3 rings (SSSR count). The predicted molar refractivity (Wildman–Crippen MR) is 134 cm³/mol. The van der Waals surface area contributed by atoms with Crippen LogP contribution in [0.2, 0.25) is 5.04 Å². The molecule has 1 unspecified atom stereocenters. The van der Waals surface area contributed by atoms with Gasteiger partial charge in [-0.1, -0.05) is 107 Å². The maximum atomic E-state index is 12.4. The first kappa shape index (κ1) is 24.0. The van der Waals surface area contributed by atoms with Crippen molar-refractivity contribution in [2.24, 2.45) is 16.7 Å². The summed E-state index contributed by atoms with van der Waals surface area (Å²) in [6, 6.07) is 20.7. The van der Waals surface area contributed by atoms with Gasteiger partial charge in [0.15, 0.2) is 0 Å². The molecule has 0 spiro atoms. The molecule has 0 radical (unpaired) electrons. The number of allylic oxidation sites excluding steroid dienone is 1. The number of aliphatic hydroxyl groups excluding tert-OH is 1. The summed E-state index contributed by atoms with van der Waals surface area (Å²) in [5.41, 5.74) is 0.269. The van der Waals surface area contributed by atoms with E-state index in [9.17, 15) is 9.90 Å². The summed E-state index contributed by atoms with van der Waals surface area (Å²) in [6.07, 6.45) is 8.60. The fourth-order valence-corrected chi connectivity index (χ4v) is 9.51. The molecule has 168 valence electrons. The van der Waals surface area contributed by atoms with Crippen LogP contribution in [0.5, 0.6) is 0 Å². The highest BCUT2D eigenvalue weighted by Crippen LogP contribution is 2.59. The van der Waals surface area contributed by atoms with Gasteiger partial charge in [-0.3, -0.25) is 0 Å². The van der Waals surface area contributed by atoms with Gasteiger partial charge >= 0.3 is 0 Å². The van der Waals surface area contributed by atoms with Crippen molar-refractivity contribution in [1.29, 1.82) is 0 Å². The molecule has 0 aromatic heterocycles. The van der Waals surface area contributed by atoms with Gasteiger partial charge in [0.25, 0.3) is 8.32 Å². The third kappa shape index (κ3) is 4.33. The smallest absolute Gasteiger partial charge is 0.258 e. The predicted octanol–water partition coefficient (Wildman–Crippen LogP) is 5.29. The van der Waals surface area contributed by atoms with Crippen molar-refractivity contribution in [3.63, 3.8) is 0 Å². The first-order valence-corrected chi connectivity index (χ1v) is 13.7. The second-order valence-electron chi connectivity index (χ2n) is 10.8. The summed E-state index contributed by atoms with van der Waals surface area (Å²) in [4.78, 5) is 12.4. The molecule has 2 N–H and O–H groups in total. The van der Waals surface area contributed by atoms with E-state index in [2.05, 4.69) is 65.0 Å². The van der Waals surface area contributed by atoms with Gasteiger partial charge in [-0.15, -0.1) is 0 Å². The van der Waals surface area contributed by atoms with E-state index < -0.39 is 8.32 Å². The monoisotopic (exact) mass is 436 g/mol. The van der Waals surface area contributed by atoms with Gasteiger partial charge in [0.1, 0.15) is 0 Å². The molecule has 31 heavy (non-hydrogen) atoms. The molecule has 0 heterocycles. The third-order valence-electron chi connectivity index (χ3n) is 8.58. The van der Waals surface area contributed by atoms with Crippen LogP contribution < -0.4 is 10.4 Å². The molecule has 1 saturated carbocycles. The van der Waals surface area contributed by atoms with Gasteiger partial charge in [0.05, 0.1) is 6.61 Å². The number of hydrogen-bond donors (Lipinski definition) is 2. The molecule has 2 aromatic rings. The fraction of sp³-hybridized carbons (Fsp3) is 0.500. The molecule has 1 aliphatic rings. The summed E-state index contributed by atoms with van der Waals surface area (Å²) < 4.78 is 0. The largest absolute Gasteiger partial charge is 0.424 e. The van der Waals surface area contributed by atoms with E-state index in [0.717, 1.165) is 29.6 Å². The van der Waals surface area contributed by atoms with Crippen molar-refractivity contribution in [1.82, 2.24) is 0 Å². The summed E-state index contributed by atoms with van der Waals surface area (Å²) in [7, 11) is -2.95. The average Bonchev–Trinajstić information content (AvgIpc) is 3.00. The van der Waals surface area contributed by atoms with Crippen molar-refractivity contribution in [3.05, 3.63) is 72.8 Å². The Hall–Kier alpha value is -1.68. The minimum Gasteiger partial charge on any atom is -0.424 e. The fourth-order valence-electron chi connectivity index (χ4n) is 5.76. The molecule has 3 heteroatoms. The van der Waals surface area contributed by atoms with Crippen molar-refractivity contribution in [3.8, 4) is 0 Å². The van der Waals surface area contributed by atoms with Gasteiger partial charge in [-0.05, 0) is 57.8 Å². The van der Waals surface area contributed by atoms with Crippen LogP contribution in [0.3, 0.4) is 0 Å². The van der Waals surface area contributed by atoms with Gasteiger partial charge in [-0.2, -0.15) is 0 Å². The molecule has 1 fully saturated rings. The standard InChI is InChI=1S/C28H40O2Si/c1-26(2,20-17-23-18-21-28(5,19-12-22-29)27(23,3)4)31(30,24-13-8-6-9-14-24)25-15-10-7-11-16-25/h6-16,19,23,29-30H,17-18,20-22H2,1-5H3/b19-12+/t23?,28-/m0/s1. The molecule has 0 amide bonds. The van der Waals surface area contributed by atoms with Crippen LogP contribution in [-0.4, -0.2) is 24.8 Å². The third-order valence-corrected chi connectivity index (χ3v) is 13.1. The highest BCUT2D eigenvalue weighted by Gasteiger charge is 2.53. The van der Waals surface area contributed by atoms with Gasteiger partial charge in [0, 0.05) is 0 Å². The molecule has 1 aliphatic carbocycles. The van der Waals surface area contributed by atoms with E-state index in [0.29, 0.717) is 5.92 Å². The number of benzene rings is 2. The lowest BCUT2D eigenvalue weighted by molar-refractivity contribution is 0.124. The van der Waals surface area contributed by atoms with Gasteiger partial charge < -0.3 is 9.90 Å². The highest BCUT2D eigenvalue weighted by molar-refractivity contribution is 6.98. The van der Waals surface area contributed by atoms with Crippen molar-refractivity contribution in [2.75, 3.05) is 6.61 Å². The van der Waals surface area contributed by atoms with Crippen LogP contribution in [0.1, 0.15) is 60.3 Å². The van der Waals surface area contributed by atoms with Crippen LogP contribution in [0.25, 0.3) is 0 Å². The van der Waals surface area contributed by atoms with Crippen LogP contribution in [-0.2, 0) is 0 Å². The Balaban J connectivity index is 1.88. The van der Waals surface area contributed by atoms with Crippen LogP contribution in [0.4, 0.5) is 0 Å². The van der Waals surface area contributed by atoms with E-state index in [-0.39, 0.29) is 22.5 Å². The van der Waals surface area contributed by atoms with E-state index in [1.54, 1.807) is 0 Å². The minimum absolute atomic E-state index is 0.107. The summed E-state index contributed by atoms with van der Waals surface area (Å²) in [6.45, 7) is 11.8. The highest BCUT2D eigenvalue weighted by atomic mass is 28.4. The zero-order valence-corrected chi connectivity index (χ0v) is 20.9. The maximum absolute atomic E-state index is 12.4. The van der Waals surface area contributed by atoms with Gasteiger partial charge in [0.2, 0.25) is 0 Å². The lowest BCUT2D eigenvalue weighted by Crippen LogP contribution is -2.65. The molecule has 0 bridgehead atoms. The molecule has 0 saturated heterocycles. The second kappa shape index (κ2) is 9.05. The Morgan fingerprint density at radius 2 is 1.48 bits per heavy atom. The summed E-state index contributed by atoms with van der Waals surface area (Å²) in [5, 5.41) is 11.3. The Kier molecular flexibility index (Phi) is 7.00. The Morgan fingerprint density at radius 3 is 1.97 bits per heavy atom. The first-order chi connectivity index (χ1) is 14.6. The summed E-state index contributed by atoms with van der Waals surface area (Å²) in [5.74, 6) is 0.602. The Labute approximate surface area is 190 Å². The maximum Gasteiger partial charge on any atom is 0.258 e. The number of hydrogen-bond acceptors (Lipinski definition) is 2. The zero-order chi connectivity index (χ0) is 22.8. The molecule has 0 aliphatic heterocycles. The number of aliphatic hydroxyl groups is 1. The normalized spacial score (nSPS) is 24.0. The van der Waals surface area contributed by atoms with Crippen molar-refractivity contribution in [2.45, 2.75) is 65.3 Å².